The molecule has 0 saturated heterocycles. The molecule has 5 nitrogen and oxygen atoms in total. The molecule has 0 radical (unpaired) electrons. The summed E-state index contributed by atoms with van der Waals surface area (Å²) in [6, 6.07) is 0. The largest absolute Gasteiger partial charge is 0.396 e. The fraction of sp³-hybridized carbons (Fsp3) is 0.875. The lowest BCUT2D eigenvalue weighted by Gasteiger charge is -2.29. The van der Waals surface area contributed by atoms with Gasteiger partial charge in [0, 0.05) is 11.3 Å². The van der Waals surface area contributed by atoms with Crippen LogP contribution < -0.4 is 5.73 Å². The molecular weight excluding hydrogens is 174 g/mol. The number of carbonyl (C=O) groups excluding carboxylic acids is 1. The summed E-state index contributed by atoms with van der Waals surface area (Å²) in [6.07, 6.45) is 0.186. The molecule has 1 amide bonds. The number of primary amides is 1. The van der Waals surface area contributed by atoms with E-state index in [-0.39, 0.29) is 26.2 Å². The van der Waals surface area contributed by atoms with Crippen LogP contribution in [0.25, 0.3) is 0 Å². The van der Waals surface area contributed by atoms with Gasteiger partial charge in [-0.15, -0.1) is 0 Å². The van der Waals surface area contributed by atoms with Gasteiger partial charge in [-0.25, -0.2) is 0 Å². The average Bonchev–Trinajstić information content (AvgIpc) is 2.14. The molecule has 5 heteroatoms. The number of rotatable bonds is 6. The van der Waals surface area contributed by atoms with Gasteiger partial charge in [0.25, 0.3) is 0 Å². The number of carbonyl (C=O) groups is 1. The fourth-order valence-corrected chi connectivity index (χ4v) is 1.09. The molecule has 0 aromatic heterocycles. The standard InChI is InChI=1S/C8H17NO4/c1-6(7(9)13)2-8(3-10,4-11)5-12/h6,10-12H,2-5H2,1H3,(H2,9,13). The van der Waals surface area contributed by atoms with E-state index >= 15 is 0 Å². The van der Waals surface area contributed by atoms with Crippen LogP contribution in [0.1, 0.15) is 13.3 Å². The summed E-state index contributed by atoms with van der Waals surface area (Å²) in [5.74, 6) is -0.967. The topological polar surface area (TPSA) is 104 Å². The van der Waals surface area contributed by atoms with Crippen molar-refractivity contribution in [2.75, 3.05) is 19.8 Å². The van der Waals surface area contributed by atoms with Gasteiger partial charge in [-0.3, -0.25) is 4.79 Å². The minimum absolute atomic E-state index is 0.186. The molecule has 13 heavy (non-hydrogen) atoms. The van der Waals surface area contributed by atoms with E-state index in [0.717, 1.165) is 0 Å². The Labute approximate surface area is 77.2 Å². The lowest BCUT2D eigenvalue weighted by molar-refractivity contribution is -0.123. The third-order valence-electron chi connectivity index (χ3n) is 2.23. The Kier molecular flexibility index (Phi) is 4.90. The van der Waals surface area contributed by atoms with Gasteiger partial charge in [0.15, 0.2) is 0 Å². The van der Waals surface area contributed by atoms with Crippen LogP contribution in [0.15, 0.2) is 0 Å². The summed E-state index contributed by atoms with van der Waals surface area (Å²) in [7, 11) is 0. The lowest BCUT2D eigenvalue weighted by atomic mass is 9.81. The van der Waals surface area contributed by atoms with E-state index in [1.54, 1.807) is 6.92 Å². The molecular formula is C8H17NO4. The van der Waals surface area contributed by atoms with E-state index < -0.39 is 17.2 Å². The van der Waals surface area contributed by atoms with Crippen molar-refractivity contribution in [2.24, 2.45) is 17.1 Å². The summed E-state index contributed by atoms with van der Waals surface area (Å²) in [5.41, 5.74) is 4.02. The fourth-order valence-electron chi connectivity index (χ4n) is 1.09. The van der Waals surface area contributed by atoms with Crippen molar-refractivity contribution in [3.8, 4) is 0 Å². The van der Waals surface area contributed by atoms with Crippen molar-refractivity contribution >= 4 is 5.91 Å². The minimum Gasteiger partial charge on any atom is -0.396 e. The van der Waals surface area contributed by atoms with Crippen molar-refractivity contribution in [1.29, 1.82) is 0 Å². The zero-order valence-corrected chi connectivity index (χ0v) is 7.73. The van der Waals surface area contributed by atoms with Crippen LogP contribution in [0.2, 0.25) is 0 Å². The maximum absolute atomic E-state index is 10.7. The maximum atomic E-state index is 10.7. The van der Waals surface area contributed by atoms with Crippen molar-refractivity contribution in [3.63, 3.8) is 0 Å². The van der Waals surface area contributed by atoms with Gasteiger partial charge < -0.3 is 21.1 Å². The Morgan fingerprint density at radius 3 is 1.92 bits per heavy atom. The Morgan fingerprint density at radius 2 is 1.69 bits per heavy atom. The molecule has 0 saturated carbocycles. The molecule has 0 heterocycles. The Balaban J connectivity index is 4.32. The van der Waals surface area contributed by atoms with E-state index in [2.05, 4.69) is 0 Å². The van der Waals surface area contributed by atoms with Crippen molar-refractivity contribution < 1.29 is 20.1 Å². The first-order valence-electron chi connectivity index (χ1n) is 4.13. The highest BCUT2D eigenvalue weighted by atomic mass is 16.3. The molecule has 0 aliphatic carbocycles. The molecule has 1 unspecified atom stereocenters. The van der Waals surface area contributed by atoms with E-state index in [1.165, 1.54) is 0 Å². The molecule has 0 fully saturated rings. The van der Waals surface area contributed by atoms with Gasteiger partial charge >= 0.3 is 0 Å². The zero-order chi connectivity index (χ0) is 10.5. The quantitative estimate of drug-likeness (QED) is 0.408. The van der Waals surface area contributed by atoms with E-state index in [1.807, 2.05) is 0 Å². The second kappa shape index (κ2) is 5.16. The van der Waals surface area contributed by atoms with E-state index in [9.17, 15) is 4.79 Å². The number of nitrogens with two attached hydrogens (primary N) is 1. The molecule has 78 valence electrons. The Morgan fingerprint density at radius 1 is 1.31 bits per heavy atom. The van der Waals surface area contributed by atoms with E-state index in [4.69, 9.17) is 21.1 Å². The SMILES string of the molecule is CC(CC(CO)(CO)CO)C(N)=O. The Bertz CT molecular complexity index is 159. The van der Waals surface area contributed by atoms with Gasteiger partial charge in [-0.05, 0) is 6.42 Å². The second-order valence-electron chi connectivity index (χ2n) is 3.48. The summed E-state index contributed by atoms with van der Waals surface area (Å²) in [6.45, 7) is 0.505. The normalized spacial score (nSPS) is 14.2. The number of amides is 1. The number of aliphatic hydroxyl groups is 3. The predicted octanol–water partition coefficient (Wildman–Crippen LogP) is -1.54. The van der Waals surface area contributed by atoms with Crippen molar-refractivity contribution in [3.05, 3.63) is 0 Å². The van der Waals surface area contributed by atoms with Gasteiger partial charge in [0.05, 0.1) is 19.8 Å². The summed E-state index contributed by atoms with van der Waals surface area (Å²) in [4.78, 5) is 10.7. The van der Waals surface area contributed by atoms with Crippen LogP contribution in [0.4, 0.5) is 0 Å². The highest BCUT2D eigenvalue weighted by Gasteiger charge is 2.31. The molecule has 0 rings (SSSR count). The first-order valence-corrected chi connectivity index (χ1v) is 4.13. The number of aliphatic hydroxyl groups excluding tert-OH is 3. The minimum atomic E-state index is -1.01. The summed E-state index contributed by atoms with van der Waals surface area (Å²) >= 11 is 0. The van der Waals surface area contributed by atoms with Gasteiger partial charge in [-0.2, -0.15) is 0 Å². The number of hydrogen-bond donors (Lipinski definition) is 4. The summed E-state index contributed by atoms with van der Waals surface area (Å²) < 4.78 is 0. The third kappa shape index (κ3) is 3.30. The Hall–Kier alpha value is -0.650. The first kappa shape index (κ1) is 12.3. The van der Waals surface area contributed by atoms with Crippen LogP contribution in [0, 0.1) is 11.3 Å². The second-order valence-corrected chi connectivity index (χ2v) is 3.48. The zero-order valence-electron chi connectivity index (χ0n) is 7.73. The molecule has 0 aliphatic rings. The first-order chi connectivity index (χ1) is 6.01. The smallest absolute Gasteiger partial charge is 0.220 e. The third-order valence-corrected chi connectivity index (χ3v) is 2.23. The maximum Gasteiger partial charge on any atom is 0.220 e. The number of hydrogen-bond acceptors (Lipinski definition) is 4. The average molecular weight is 191 g/mol. The molecule has 0 aromatic carbocycles. The highest BCUT2D eigenvalue weighted by molar-refractivity contribution is 5.76. The monoisotopic (exact) mass is 191 g/mol. The predicted molar refractivity (Wildman–Crippen MR) is 46.7 cm³/mol. The highest BCUT2D eigenvalue weighted by Crippen LogP contribution is 2.24. The van der Waals surface area contributed by atoms with E-state index in [0.29, 0.717) is 0 Å². The van der Waals surface area contributed by atoms with Gasteiger partial charge in [-0.1, -0.05) is 6.92 Å². The van der Waals surface area contributed by atoms with Crippen LogP contribution in [0.5, 0.6) is 0 Å². The molecule has 0 bridgehead atoms. The van der Waals surface area contributed by atoms with Crippen LogP contribution >= 0.6 is 0 Å². The van der Waals surface area contributed by atoms with Crippen molar-refractivity contribution in [1.82, 2.24) is 0 Å². The van der Waals surface area contributed by atoms with Crippen LogP contribution in [-0.4, -0.2) is 41.0 Å². The molecule has 0 aromatic rings. The molecule has 1 atom stereocenters. The van der Waals surface area contributed by atoms with Crippen LogP contribution in [-0.2, 0) is 4.79 Å². The molecule has 0 spiro atoms. The van der Waals surface area contributed by atoms with Crippen molar-refractivity contribution in [2.45, 2.75) is 13.3 Å². The molecule has 5 N–H and O–H groups in total. The molecule has 0 aliphatic heterocycles. The van der Waals surface area contributed by atoms with Crippen LogP contribution in [0.3, 0.4) is 0 Å². The summed E-state index contributed by atoms with van der Waals surface area (Å²) in [5, 5.41) is 26.8. The lowest BCUT2D eigenvalue weighted by Crippen LogP contribution is -2.38. The van der Waals surface area contributed by atoms with Gasteiger partial charge in [0.2, 0.25) is 5.91 Å². The van der Waals surface area contributed by atoms with Gasteiger partial charge in [0.1, 0.15) is 0 Å².